The van der Waals surface area contributed by atoms with Crippen molar-refractivity contribution in [1.82, 2.24) is 5.32 Å². The molecule has 432 valence electrons. The van der Waals surface area contributed by atoms with Gasteiger partial charge in [-0.05, 0) is 57.8 Å². The molecule has 73 heavy (non-hydrogen) atoms. The summed E-state index contributed by atoms with van der Waals surface area (Å²) in [5, 5.41) is 33.5. The lowest BCUT2D eigenvalue weighted by atomic mass is 10.0. The van der Waals surface area contributed by atoms with Crippen molar-refractivity contribution in [1.29, 1.82) is 0 Å². The van der Waals surface area contributed by atoms with E-state index in [1.807, 2.05) is 6.08 Å². The van der Waals surface area contributed by atoms with Crippen molar-refractivity contribution in [2.75, 3.05) is 6.61 Å². The minimum Gasteiger partial charge on any atom is -0.394 e. The molecule has 0 heterocycles. The molecule has 0 aliphatic heterocycles. The molecule has 0 aromatic rings. The molecule has 3 atom stereocenters. The van der Waals surface area contributed by atoms with Gasteiger partial charge < -0.3 is 20.6 Å². The predicted octanol–water partition coefficient (Wildman–Crippen LogP) is 21.3. The van der Waals surface area contributed by atoms with Crippen LogP contribution in [0.3, 0.4) is 0 Å². The van der Waals surface area contributed by atoms with Gasteiger partial charge in [0.25, 0.3) is 0 Å². The molecule has 0 saturated carbocycles. The van der Waals surface area contributed by atoms with E-state index < -0.39 is 18.2 Å². The summed E-state index contributed by atoms with van der Waals surface area (Å²) < 4.78 is 0. The first-order valence-corrected chi connectivity index (χ1v) is 33.3. The number of hydrogen-bond acceptors (Lipinski definition) is 4. The van der Waals surface area contributed by atoms with Crippen molar-refractivity contribution >= 4 is 5.91 Å². The molecule has 0 aromatic heterocycles. The molecular formula is C68H131NO4. The van der Waals surface area contributed by atoms with E-state index in [1.165, 1.54) is 308 Å². The molecule has 0 radical (unpaired) electrons. The topological polar surface area (TPSA) is 89.8 Å². The van der Waals surface area contributed by atoms with E-state index >= 15 is 0 Å². The molecule has 3 unspecified atom stereocenters. The Morgan fingerprint density at radius 3 is 0.877 bits per heavy atom. The Morgan fingerprint density at radius 1 is 0.342 bits per heavy atom. The van der Waals surface area contributed by atoms with Gasteiger partial charge in [-0.1, -0.05) is 339 Å². The molecule has 4 N–H and O–H groups in total. The zero-order chi connectivity index (χ0) is 52.9. The molecule has 0 rings (SSSR count). The van der Waals surface area contributed by atoms with Crippen LogP contribution < -0.4 is 5.32 Å². The maximum Gasteiger partial charge on any atom is 0.222 e. The Balaban J connectivity index is 3.50. The zero-order valence-electron chi connectivity index (χ0n) is 49.5. The first kappa shape index (κ1) is 71.6. The number of nitrogens with one attached hydrogen (secondary N) is 1. The predicted molar refractivity (Wildman–Crippen MR) is 324 cm³/mol. The average molecular weight is 1030 g/mol. The highest BCUT2D eigenvalue weighted by Gasteiger charge is 2.20. The fourth-order valence-corrected chi connectivity index (χ4v) is 10.6. The Hall–Kier alpha value is -1.43. The van der Waals surface area contributed by atoms with Gasteiger partial charge in [0.15, 0.2) is 0 Å². The standard InChI is InChI=1S/C68H131NO4/c1-3-5-7-9-11-13-15-17-19-21-23-25-26-27-28-29-30-31-32-33-34-35-36-37-38-39-40-42-43-45-47-49-51-53-55-57-59-61-65(71)63-68(73)69-66(64-70)67(72)62-60-58-56-54-52-50-48-46-44-41-24-22-20-18-16-14-12-10-8-6-4-2/h33-34,52,54,60,62,65-67,70-72H,3-32,35-51,53,55-59,61,63-64H2,1-2H3,(H,69,73)/b34-33-,54-52+,62-60+. The first-order chi connectivity index (χ1) is 36.0. The van der Waals surface area contributed by atoms with Crippen LogP contribution in [0.25, 0.3) is 0 Å². The second-order valence-electron chi connectivity index (χ2n) is 23.1. The van der Waals surface area contributed by atoms with Crippen LogP contribution in [0.2, 0.25) is 0 Å². The third kappa shape index (κ3) is 59.7. The lowest BCUT2D eigenvalue weighted by molar-refractivity contribution is -0.124. The number of carbonyl (C=O) groups excluding carboxylic acids is 1. The SMILES string of the molecule is CCCCCCCCCCCCCCCCC/C=C/CC/C=C/C(O)C(CO)NC(=O)CC(O)CCCCCCCCCCCCCCCCC/C=C\CCCCCCCCCCCCCCCCCCCC. The minimum atomic E-state index is -0.953. The smallest absolute Gasteiger partial charge is 0.222 e. The zero-order valence-corrected chi connectivity index (χ0v) is 49.5. The monoisotopic (exact) mass is 1030 g/mol. The molecular weight excluding hydrogens is 895 g/mol. The molecule has 0 aliphatic rings. The molecule has 0 saturated heterocycles. The van der Waals surface area contributed by atoms with E-state index in [0.717, 1.165) is 32.1 Å². The van der Waals surface area contributed by atoms with Crippen LogP contribution in [-0.2, 0) is 4.79 Å². The Labute approximate surface area is 457 Å². The quantitative estimate of drug-likeness (QED) is 0.0361. The molecule has 5 nitrogen and oxygen atoms in total. The molecule has 5 heteroatoms. The van der Waals surface area contributed by atoms with E-state index in [2.05, 4.69) is 43.5 Å². The average Bonchev–Trinajstić information content (AvgIpc) is 3.39. The number of allylic oxidation sites excluding steroid dienone is 5. The third-order valence-corrected chi connectivity index (χ3v) is 15.6. The van der Waals surface area contributed by atoms with E-state index in [9.17, 15) is 20.1 Å². The number of aliphatic hydroxyl groups excluding tert-OH is 3. The number of hydrogen-bond donors (Lipinski definition) is 4. The summed E-state index contributed by atoms with van der Waals surface area (Å²) in [6.45, 7) is 4.25. The largest absolute Gasteiger partial charge is 0.394 e. The van der Waals surface area contributed by atoms with Crippen LogP contribution in [0.4, 0.5) is 0 Å². The van der Waals surface area contributed by atoms with E-state index in [0.29, 0.717) is 6.42 Å². The molecule has 1 amide bonds. The summed E-state index contributed by atoms with van der Waals surface area (Å²) >= 11 is 0. The Kier molecular flexibility index (Phi) is 61.9. The lowest BCUT2D eigenvalue weighted by Crippen LogP contribution is -2.45. The van der Waals surface area contributed by atoms with Gasteiger partial charge in [-0.15, -0.1) is 0 Å². The van der Waals surface area contributed by atoms with Crippen LogP contribution in [0, 0.1) is 0 Å². The van der Waals surface area contributed by atoms with Gasteiger partial charge in [0.05, 0.1) is 31.3 Å². The van der Waals surface area contributed by atoms with Crippen LogP contribution in [0.5, 0.6) is 0 Å². The van der Waals surface area contributed by atoms with Crippen LogP contribution in [-0.4, -0.2) is 46.1 Å². The fraction of sp³-hybridized carbons (Fsp3) is 0.897. The van der Waals surface area contributed by atoms with Gasteiger partial charge in [-0.2, -0.15) is 0 Å². The van der Waals surface area contributed by atoms with E-state index in [4.69, 9.17) is 0 Å². The van der Waals surface area contributed by atoms with Crippen molar-refractivity contribution in [2.24, 2.45) is 0 Å². The summed E-state index contributed by atoms with van der Waals surface area (Å²) in [4.78, 5) is 12.6. The number of aliphatic hydroxyl groups is 3. The molecule has 0 aliphatic carbocycles. The highest BCUT2D eigenvalue weighted by molar-refractivity contribution is 5.76. The summed E-state index contributed by atoms with van der Waals surface area (Å²) in [5.74, 6) is -0.319. The first-order valence-electron chi connectivity index (χ1n) is 33.3. The maximum atomic E-state index is 12.6. The van der Waals surface area contributed by atoms with E-state index in [1.54, 1.807) is 6.08 Å². The van der Waals surface area contributed by atoms with Crippen LogP contribution in [0.1, 0.15) is 367 Å². The van der Waals surface area contributed by atoms with Crippen molar-refractivity contribution in [3.8, 4) is 0 Å². The van der Waals surface area contributed by atoms with Crippen molar-refractivity contribution in [3.63, 3.8) is 0 Å². The summed E-state index contributed by atoms with van der Waals surface area (Å²) in [5.41, 5.74) is 0. The Morgan fingerprint density at radius 2 is 0.589 bits per heavy atom. The van der Waals surface area contributed by atoms with Gasteiger partial charge >= 0.3 is 0 Å². The lowest BCUT2D eigenvalue weighted by Gasteiger charge is -2.21. The van der Waals surface area contributed by atoms with Gasteiger partial charge in [0, 0.05) is 0 Å². The fourth-order valence-electron chi connectivity index (χ4n) is 10.6. The van der Waals surface area contributed by atoms with Gasteiger partial charge in [0.2, 0.25) is 5.91 Å². The highest BCUT2D eigenvalue weighted by atomic mass is 16.3. The minimum absolute atomic E-state index is 0.00832. The summed E-state index contributed by atoms with van der Waals surface area (Å²) in [6, 6.07) is -0.762. The number of amides is 1. The number of rotatable bonds is 62. The summed E-state index contributed by atoms with van der Waals surface area (Å²) in [7, 11) is 0. The van der Waals surface area contributed by atoms with Crippen molar-refractivity contribution in [2.45, 2.75) is 385 Å². The summed E-state index contributed by atoms with van der Waals surface area (Å²) in [6.07, 6.45) is 83.9. The molecule has 0 spiro atoms. The highest BCUT2D eigenvalue weighted by Crippen LogP contribution is 2.18. The third-order valence-electron chi connectivity index (χ3n) is 15.6. The van der Waals surface area contributed by atoms with Gasteiger partial charge in [-0.3, -0.25) is 4.79 Å². The van der Waals surface area contributed by atoms with Gasteiger partial charge in [0.1, 0.15) is 0 Å². The normalized spacial score (nSPS) is 13.3. The number of carbonyl (C=O) groups is 1. The second kappa shape index (κ2) is 63.1. The van der Waals surface area contributed by atoms with Crippen molar-refractivity contribution in [3.05, 3.63) is 36.5 Å². The van der Waals surface area contributed by atoms with E-state index in [-0.39, 0.29) is 18.9 Å². The van der Waals surface area contributed by atoms with Crippen LogP contribution in [0.15, 0.2) is 36.5 Å². The molecule has 0 bridgehead atoms. The molecule has 0 aromatic carbocycles. The molecule has 0 fully saturated rings. The number of unbranched alkanes of at least 4 members (excludes halogenated alkanes) is 49. The Bertz CT molecular complexity index is 1130. The second-order valence-corrected chi connectivity index (χ2v) is 23.1. The van der Waals surface area contributed by atoms with Gasteiger partial charge in [-0.25, -0.2) is 0 Å². The van der Waals surface area contributed by atoms with Crippen LogP contribution >= 0.6 is 0 Å². The van der Waals surface area contributed by atoms with Crippen molar-refractivity contribution < 1.29 is 20.1 Å². The maximum absolute atomic E-state index is 12.6.